The van der Waals surface area contributed by atoms with Gasteiger partial charge in [0.05, 0.1) is 20.3 Å². The maximum absolute atomic E-state index is 12.4. The van der Waals surface area contributed by atoms with Gasteiger partial charge in [-0.1, -0.05) is 30.7 Å². The predicted molar refractivity (Wildman–Crippen MR) is 100 cm³/mol. The number of rotatable bonds is 8. The van der Waals surface area contributed by atoms with Crippen LogP contribution in [0.5, 0.6) is 11.5 Å². The lowest BCUT2D eigenvalue weighted by Crippen LogP contribution is -2.28. The molecule has 0 fully saturated rings. The van der Waals surface area contributed by atoms with E-state index in [-0.39, 0.29) is 11.9 Å². The number of carbonyl (C=O) groups excluding carboxylic acids is 1. The highest BCUT2D eigenvalue weighted by Crippen LogP contribution is 2.25. The average Bonchev–Trinajstić information content (AvgIpc) is 2.64. The minimum Gasteiger partial charge on any atom is -0.497 e. The van der Waals surface area contributed by atoms with Gasteiger partial charge in [-0.25, -0.2) is 0 Å². The molecule has 5 heteroatoms. The number of methoxy groups -OCH3 is 2. The van der Waals surface area contributed by atoms with Gasteiger partial charge in [0.2, 0.25) is 5.91 Å². The summed E-state index contributed by atoms with van der Waals surface area (Å²) in [7, 11) is 3.25. The lowest BCUT2D eigenvalue weighted by atomic mass is 10.0. The van der Waals surface area contributed by atoms with Gasteiger partial charge in [-0.3, -0.25) is 4.79 Å². The summed E-state index contributed by atoms with van der Waals surface area (Å²) in [5.41, 5.74) is 2.01. The zero-order valence-corrected chi connectivity index (χ0v) is 15.6. The van der Waals surface area contributed by atoms with Gasteiger partial charge < -0.3 is 14.8 Å². The largest absolute Gasteiger partial charge is 0.497 e. The minimum atomic E-state index is -0.0167. The van der Waals surface area contributed by atoms with E-state index in [1.165, 1.54) is 0 Å². The number of nitrogens with one attached hydrogen (secondary N) is 1. The fraction of sp³-hybridized carbons (Fsp3) is 0.350. The zero-order valence-electron chi connectivity index (χ0n) is 14.8. The van der Waals surface area contributed by atoms with Crippen molar-refractivity contribution in [2.75, 3.05) is 14.2 Å². The van der Waals surface area contributed by atoms with Gasteiger partial charge in [-0.15, -0.1) is 0 Å². The molecule has 0 aliphatic heterocycles. The molecule has 1 amide bonds. The summed E-state index contributed by atoms with van der Waals surface area (Å²) < 4.78 is 10.6. The molecule has 0 spiro atoms. The molecular formula is C20H24ClNO3. The molecule has 0 radical (unpaired) electrons. The Balaban J connectivity index is 1.98. The molecule has 0 bridgehead atoms. The number of benzene rings is 2. The summed E-state index contributed by atoms with van der Waals surface area (Å²) in [6.45, 7) is 2.05. The molecule has 25 heavy (non-hydrogen) atoms. The predicted octanol–water partition coefficient (Wildman–Crippen LogP) is 4.56. The van der Waals surface area contributed by atoms with Crippen molar-refractivity contribution in [3.05, 3.63) is 58.6 Å². The van der Waals surface area contributed by atoms with Crippen LogP contribution in [0.4, 0.5) is 0 Å². The van der Waals surface area contributed by atoms with E-state index in [1.807, 2.05) is 49.4 Å². The summed E-state index contributed by atoms with van der Waals surface area (Å²) in [4.78, 5) is 12.4. The first kappa shape index (κ1) is 19.1. The molecule has 1 atom stereocenters. The van der Waals surface area contributed by atoms with Gasteiger partial charge >= 0.3 is 0 Å². The molecule has 0 aliphatic rings. The first-order valence-corrected chi connectivity index (χ1v) is 8.71. The van der Waals surface area contributed by atoms with Gasteiger partial charge in [0.15, 0.2) is 0 Å². The van der Waals surface area contributed by atoms with Crippen LogP contribution in [0, 0.1) is 0 Å². The molecule has 0 aromatic heterocycles. The number of hydrogen-bond acceptors (Lipinski definition) is 3. The molecule has 1 unspecified atom stereocenters. The fourth-order valence-corrected chi connectivity index (χ4v) is 2.83. The average molecular weight is 362 g/mol. The Bertz CT molecular complexity index is 701. The SMILES string of the molecule is CCC(NC(=O)CCc1cc(OC)ccc1OC)c1ccc(Cl)cc1. The Kier molecular flexibility index (Phi) is 7.14. The van der Waals surface area contributed by atoms with E-state index in [1.54, 1.807) is 14.2 Å². The van der Waals surface area contributed by atoms with Crippen LogP contribution < -0.4 is 14.8 Å². The minimum absolute atomic E-state index is 0.00618. The third kappa shape index (κ3) is 5.40. The van der Waals surface area contributed by atoms with E-state index in [2.05, 4.69) is 5.32 Å². The number of amides is 1. The lowest BCUT2D eigenvalue weighted by molar-refractivity contribution is -0.121. The van der Waals surface area contributed by atoms with E-state index in [9.17, 15) is 4.79 Å². The summed E-state index contributed by atoms with van der Waals surface area (Å²) in [6.07, 6.45) is 1.78. The highest BCUT2D eigenvalue weighted by atomic mass is 35.5. The van der Waals surface area contributed by atoms with Crippen LogP contribution in [-0.2, 0) is 11.2 Å². The van der Waals surface area contributed by atoms with E-state index < -0.39 is 0 Å². The maximum Gasteiger partial charge on any atom is 0.220 e. The monoisotopic (exact) mass is 361 g/mol. The van der Waals surface area contributed by atoms with Crippen molar-refractivity contribution in [1.82, 2.24) is 5.32 Å². The third-order valence-corrected chi connectivity index (χ3v) is 4.38. The highest BCUT2D eigenvalue weighted by Gasteiger charge is 2.14. The fourth-order valence-electron chi connectivity index (χ4n) is 2.71. The first-order chi connectivity index (χ1) is 12.1. The second kappa shape index (κ2) is 9.33. The number of ether oxygens (including phenoxy) is 2. The van der Waals surface area contributed by atoms with Crippen LogP contribution >= 0.6 is 11.6 Å². The Morgan fingerprint density at radius 2 is 1.84 bits per heavy atom. The summed E-state index contributed by atoms with van der Waals surface area (Å²) in [6, 6.07) is 13.2. The van der Waals surface area contributed by atoms with Crippen LogP contribution in [0.3, 0.4) is 0 Å². The van der Waals surface area contributed by atoms with Crippen molar-refractivity contribution in [2.45, 2.75) is 32.2 Å². The van der Waals surface area contributed by atoms with Gasteiger partial charge in [0.25, 0.3) is 0 Å². The number of aryl methyl sites for hydroxylation is 1. The van der Waals surface area contributed by atoms with Crippen molar-refractivity contribution in [3.63, 3.8) is 0 Å². The quantitative estimate of drug-likeness (QED) is 0.749. The normalized spacial score (nSPS) is 11.7. The second-order valence-corrected chi connectivity index (χ2v) is 6.19. The first-order valence-electron chi connectivity index (χ1n) is 8.33. The standard InChI is InChI=1S/C20H24ClNO3/c1-4-18(14-5-8-16(21)9-6-14)22-20(23)12-7-15-13-17(24-2)10-11-19(15)25-3/h5-6,8-11,13,18H,4,7,12H2,1-3H3,(H,22,23). The Labute approximate surface area is 154 Å². The molecule has 0 saturated heterocycles. The molecule has 0 saturated carbocycles. The number of carbonyl (C=O) groups is 1. The Hall–Kier alpha value is -2.20. The second-order valence-electron chi connectivity index (χ2n) is 5.76. The van der Waals surface area contributed by atoms with E-state index in [0.717, 1.165) is 29.0 Å². The Morgan fingerprint density at radius 1 is 1.12 bits per heavy atom. The topological polar surface area (TPSA) is 47.6 Å². The summed E-state index contributed by atoms with van der Waals surface area (Å²) in [5.74, 6) is 1.52. The molecule has 2 rings (SSSR count). The van der Waals surface area contributed by atoms with Gasteiger partial charge in [-0.05, 0) is 54.3 Å². The number of halogens is 1. The van der Waals surface area contributed by atoms with E-state index in [0.29, 0.717) is 17.9 Å². The third-order valence-electron chi connectivity index (χ3n) is 4.12. The van der Waals surface area contributed by atoms with Crippen molar-refractivity contribution < 1.29 is 14.3 Å². The summed E-state index contributed by atoms with van der Waals surface area (Å²) in [5, 5.41) is 3.77. The molecular weight excluding hydrogens is 338 g/mol. The van der Waals surface area contributed by atoms with Crippen molar-refractivity contribution in [3.8, 4) is 11.5 Å². The van der Waals surface area contributed by atoms with Gasteiger partial charge in [0, 0.05) is 11.4 Å². The van der Waals surface area contributed by atoms with E-state index in [4.69, 9.17) is 21.1 Å². The molecule has 0 heterocycles. The van der Waals surface area contributed by atoms with Crippen LogP contribution in [0.1, 0.15) is 36.9 Å². The van der Waals surface area contributed by atoms with Crippen LogP contribution in [0.15, 0.2) is 42.5 Å². The molecule has 1 N–H and O–H groups in total. The van der Waals surface area contributed by atoms with Crippen LogP contribution in [-0.4, -0.2) is 20.1 Å². The highest BCUT2D eigenvalue weighted by molar-refractivity contribution is 6.30. The summed E-state index contributed by atoms with van der Waals surface area (Å²) >= 11 is 5.93. The van der Waals surface area contributed by atoms with Gasteiger partial charge in [0.1, 0.15) is 11.5 Å². The molecule has 134 valence electrons. The van der Waals surface area contributed by atoms with Crippen molar-refractivity contribution in [2.24, 2.45) is 0 Å². The lowest BCUT2D eigenvalue weighted by Gasteiger charge is -2.18. The smallest absolute Gasteiger partial charge is 0.220 e. The van der Waals surface area contributed by atoms with Crippen molar-refractivity contribution >= 4 is 17.5 Å². The maximum atomic E-state index is 12.4. The van der Waals surface area contributed by atoms with Gasteiger partial charge in [-0.2, -0.15) is 0 Å². The van der Waals surface area contributed by atoms with Crippen LogP contribution in [0.2, 0.25) is 5.02 Å². The number of hydrogen-bond donors (Lipinski definition) is 1. The molecule has 4 nitrogen and oxygen atoms in total. The Morgan fingerprint density at radius 3 is 2.44 bits per heavy atom. The van der Waals surface area contributed by atoms with Crippen LogP contribution in [0.25, 0.3) is 0 Å². The molecule has 2 aromatic rings. The van der Waals surface area contributed by atoms with Crippen molar-refractivity contribution in [1.29, 1.82) is 0 Å². The zero-order chi connectivity index (χ0) is 18.2. The molecule has 2 aromatic carbocycles. The molecule has 0 aliphatic carbocycles. The van der Waals surface area contributed by atoms with E-state index >= 15 is 0 Å².